The quantitative estimate of drug-likeness (QED) is 0.165. The molecule has 1 amide bonds. The SMILES string of the molecule is C=C(Nc1cc(Cl)cc(Cl)c1)N(Cc1ccc(C(=O)Nc2nn[nH]n2)cc1)c1ccc(C2CCCCC2)cc1.CO. The fourth-order valence-corrected chi connectivity index (χ4v) is 5.42. The standard InChI is InChI=1S/C29H29Cl2N7O.CH4O/c1-19(32-26-16-24(30)15-25(31)17-26)38(27-13-11-22(12-14-27)21-5-3-2-4-6-21)18-20-7-9-23(10-8-20)28(39)33-29-34-36-37-35-29;1-2/h7-17,21,32H,1-6,18H2,(H2,33,34,35,36,37,39);2H,1H3. The number of aliphatic hydroxyl groups excluding tert-OH is 1. The number of carbonyl (C=O) groups is 1. The van der Waals surface area contributed by atoms with Crippen molar-refractivity contribution in [3.05, 3.63) is 106 Å². The molecule has 4 N–H and O–H groups in total. The number of halogens is 2. The first kappa shape index (κ1) is 30.0. The summed E-state index contributed by atoms with van der Waals surface area (Å²) in [6.45, 7) is 4.85. The smallest absolute Gasteiger partial charge is 0.270 e. The molecule has 1 fully saturated rings. The molecule has 0 radical (unpaired) electrons. The van der Waals surface area contributed by atoms with E-state index in [9.17, 15) is 4.79 Å². The van der Waals surface area contributed by atoms with Crippen molar-refractivity contribution < 1.29 is 9.90 Å². The molecule has 3 aromatic carbocycles. The van der Waals surface area contributed by atoms with Crippen molar-refractivity contribution >= 4 is 46.4 Å². The summed E-state index contributed by atoms with van der Waals surface area (Å²) in [4.78, 5) is 14.6. The van der Waals surface area contributed by atoms with E-state index in [1.165, 1.54) is 37.7 Å². The minimum Gasteiger partial charge on any atom is -0.400 e. The second kappa shape index (κ2) is 14.6. The largest absolute Gasteiger partial charge is 0.400 e. The number of hydrogen-bond acceptors (Lipinski definition) is 7. The van der Waals surface area contributed by atoms with E-state index in [0.29, 0.717) is 33.9 Å². The minimum atomic E-state index is -0.318. The van der Waals surface area contributed by atoms with E-state index in [2.05, 4.69) is 67.0 Å². The van der Waals surface area contributed by atoms with Gasteiger partial charge in [-0.15, -0.1) is 5.10 Å². The highest BCUT2D eigenvalue weighted by atomic mass is 35.5. The fraction of sp³-hybridized carbons (Fsp3) is 0.267. The van der Waals surface area contributed by atoms with Crippen molar-refractivity contribution in [1.82, 2.24) is 20.6 Å². The van der Waals surface area contributed by atoms with Crippen molar-refractivity contribution in [1.29, 1.82) is 0 Å². The summed E-state index contributed by atoms with van der Waals surface area (Å²) in [5, 5.41) is 27.3. The lowest BCUT2D eigenvalue weighted by Gasteiger charge is -2.29. The summed E-state index contributed by atoms with van der Waals surface area (Å²) in [6, 6.07) is 21.4. The van der Waals surface area contributed by atoms with Crippen LogP contribution in [0.2, 0.25) is 10.0 Å². The van der Waals surface area contributed by atoms with Crippen LogP contribution in [0.1, 0.15) is 59.5 Å². The number of nitrogens with one attached hydrogen (secondary N) is 3. The van der Waals surface area contributed by atoms with Crippen LogP contribution in [0.3, 0.4) is 0 Å². The van der Waals surface area contributed by atoms with Gasteiger partial charge in [0.2, 0.25) is 0 Å². The number of carbonyl (C=O) groups excluding carboxylic acids is 1. The summed E-state index contributed by atoms with van der Waals surface area (Å²) < 4.78 is 0. The Morgan fingerprint density at radius 2 is 1.63 bits per heavy atom. The molecule has 1 aliphatic carbocycles. The van der Waals surface area contributed by atoms with Crippen molar-refractivity contribution in [2.24, 2.45) is 0 Å². The average molecular weight is 595 g/mol. The Kier molecular flexibility index (Phi) is 10.7. The Morgan fingerprint density at radius 1 is 0.976 bits per heavy atom. The lowest BCUT2D eigenvalue weighted by molar-refractivity contribution is 0.102. The van der Waals surface area contributed by atoms with Crippen LogP contribution >= 0.6 is 23.2 Å². The number of aromatic amines is 1. The lowest BCUT2D eigenvalue weighted by Crippen LogP contribution is -2.26. The summed E-state index contributed by atoms with van der Waals surface area (Å²) in [5.74, 6) is 1.09. The van der Waals surface area contributed by atoms with E-state index in [4.69, 9.17) is 28.3 Å². The normalized spacial score (nSPS) is 13.1. The molecule has 1 aromatic heterocycles. The van der Waals surface area contributed by atoms with Crippen LogP contribution in [0.25, 0.3) is 0 Å². The van der Waals surface area contributed by atoms with Gasteiger partial charge >= 0.3 is 0 Å². The van der Waals surface area contributed by atoms with Gasteiger partial charge in [-0.05, 0) is 77.6 Å². The zero-order chi connectivity index (χ0) is 29.2. The van der Waals surface area contributed by atoms with Crippen molar-refractivity contribution in [2.45, 2.75) is 44.6 Å². The van der Waals surface area contributed by atoms with Crippen LogP contribution in [0.15, 0.2) is 79.1 Å². The molecule has 41 heavy (non-hydrogen) atoms. The molecule has 1 heterocycles. The highest BCUT2D eigenvalue weighted by Gasteiger charge is 2.18. The number of anilines is 3. The van der Waals surface area contributed by atoms with Gasteiger partial charge in [0.1, 0.15) is 5.82 Å². The molecular formula is C30H33Cl2N7O2. The number of H-pyrrole nitrogens is 1. The molecule has 1 saturated carbocycles. The number of tetrazole rings is 1. The van der Waals surface area contributed by atoms with E-state index >= 15 is 0 Å². The first-order valence-electron chi connectivity index (χ1n) is 13.3. The van der Waals surface area contributed by atoms with Gasteiger partial charge in [0.05, 0.1) is 0 Å². The number of hydrogen-bond donors (Lipinski definition) is 4. The van der Waals surface area contributed by atoms with Gasteiger partial charge in [-0.2, -0.15) is 5.21 Å². The van der Waals surface area contributed by atoms with Crippen LogP contribution in [0.5, 0.6) is 0 Å². The Bertz CT molecular complexity index is 1400. The van der Waals surface area contributed by atoms with Gasteiger partial charge in [-0.3, -0.25) is 10.1 Å². The number of nitrogens with zero attached hydrogens (tertiary/aromatic N) is 4. The van der Waals surface area contributed by atoms with Gasteiger partial charge < -0.3 is 15.3 Å². The first-order chi connectivity index (χ1) is 19.9. The van der Waals surface area contributed by atoms with Crippen LogP contribution in [-0.4, -0.2) is 38.7 Å². The maximum Gasteiger partial charge on any atom is 0.270 e. The van der Waals surface area contributed by atoms with E-state index in [1.54, 1.807) is 30.3 Å². The fourth-order valence-electron chi connectivity index (χ4n) is 4.90. The molecule has 11 heteroatoms. The van der Waals surface area contributed by atoms with Crippen LogP contribution in [0, 0.1) is 0 Å². The highest BCUT2D eigenvalue weighted by molar-refractivity contribution is 6.35. The third-order valence-electron chi connectivity index (χ3n) is 6.89. The predicted molar refractivity (Wildman–Crippen MR) is 164 cm³/mol. The van der Waals surface area contributed by atoms with Gasteiger partial charge in [0.15, 0.2) is 0 Å². The Hall–Kier alpha value is -3.92. The zero-order valence-electron chi connectivity index (χ0n) is 22.8. The number of aliphatic hydroxyl groups is 1. The molecule has 0 aliphatic heterocycles. The third-order valence-corrected chi connectivity index (χ3v) is 7.32. The molecule has 0 unspecified atom stereocenters. The van der Waals surface area contributed by atoms with Crippen LogP contribution in [-0.2, 0) is 6.54 Å². The average Bonchev–Trinajstić information content (AvgIpc) is 3.50. The maximum absolute atomic E-state index is 12.5. The number of aromatic nitrogens is 4. The molecule has 5 rings (SSSR count). The molecular weight excluding hydrogens is 561 g/mol. The van der Waals surface area contributed by atoms with Crippen molar-refractivity contribution in [2.75, 3.05) is 22.6 Å². The summed E-state index contributed by atoms with van der Waals surface area (Å²) >= 11 is 12.4. The Balaban J connectivity index is 0.00000189. The van der Waals surface area contributed by atoms with Gasteiger partial charge in [0, 0.05) is 40.6 Å². The molecule has 0 spiro atoms. The third kappa shape index (κ3) is 8.29. The number of benzene rings is 3. The van der Waals surface area contributed by atoms with E-state index in [-0.39, 0.29) is 11.9 Å². The molecule has 4 aromatic rings. The molecule has 9 nitrogen and oxygen atoms in total. The molecule has 0 saturated heterocycles. The number of amides is 1. The zero-order valence-corrected chi connectivity index (χ0v) is 24.3. The second-order valence-electron chi connectivity index (χ2n) is 9.63. The highest BCUT2D eigenvalue weighted by Crippen LogP contribution is 2.34. The van der Waals surface area contributed by atoms with Crippen LogP contribution < -0.4 is 15.5 Å². The van der Waals surface area contributed by atoms with Gasteiger partial charge in [-0.25, -0.2) is 0 Å². The summed E-state index contributed by atoms with van der Waals surface area (Å²) in [5.41, 5.74) is 4.61. The number of rotatable bonds is 9. The summed E-state index contributed by atoms with van der Waals surface area (Å²) in [7, 11) is 1.00. The van der Waals surface area contributed by atoms with Crippen molar-refractivity contribution in [3.8, 4) is 0 Å². The van der Waals surface area contributed by atoms with E-state index in [0.717, 1.165) is 24.0 Å². The van der Waals surface area contributed by atoms with Gasteiger partial charge in [0.25, 0.3) is 11.9 Å². The Labute approximate surface area is 249 Å². The van der Waals surface area contributed by atoms with E-state index < -0.39 is 0 Å². The maximum atomic E-state index is 12.5. The lowest BCUT2D eigenvalue weighted by atomic mass is 9.84. The minimum absolute atomic E-state index is 0.121. The van der Waals surface area contributed by atoms with E-state index in [1.807, 2.05) is 12.1 Å². The monoisotopic (exact) mass is 593 g/mol. The van der Waals surface area contributed by atoms with Crippen molar-refractivity contribution in [3.63, 3.8) is 0 Å². The Morgan fingerprint density at radius 3 is 2.24 bits per heavy atom. The van der Waals surface area contributed by atoms with Gasteiger partial charge in [-0.1, -0.05) is 78.4 Å². The topological polar surface area (TPSA) is 119 Å². The molecule has 0 bridgehead atoms. The summed E-state index contributed by atoms with van der Waals surface area (Å²) in [6.07, 6.45) is 6.42. The second-order valence-corrected chi connectivity index (χ2v) is 10.5. The van der Waals surface area contributed by atoms with Crippen LogP contribution in [0.4, 0.5) is 17.3 Å². The molecule has 1 aliphatic rings. The predicted octanol–water partition coefficient (Wildman–Crippen LogP) is 7.00. The first-order valence-corrected chi connectivity index (χ1v) is 14.1. The molecule has 0 atom stereocenters. The molecule has 214 valence electrons.